The molecule has 0 bridgehead atoms. The van der Waals surface area contributed by atoms with E-state index in [0.717, 1.165) is 6.07 Å². The molecule has 29 heavy (non-hydrogen) atoms. The number of amides is 2. The number of imidazole rings is 1. The maximum atomic E-state index is 12.7. The lowest BCUT2D eigenvalue weighted by atomic mass is 10.1. The lowest BCUT2D eigenvalue weighted by Gasteiger charge is -2.13. The molecule has 0 fully saturated rings. The zero-order chi connectivity index (χ0) is 20.9. The van der Waals surface area contributed by atoms with Gasteiger partial charge in [-0.2, -0.15) is 13.2 Å². The summed E-state index contributed by atoms with van der Waals surface area (Å²) in [6.45, 7) is -1.55. The predicted octanol–water partition coefficient (Wildman–Crippen LogP) is 2.26. The summed E-state index contributed by atoms with van der Waals surface area (Å²) in [6.07, 6.45) is -4.66. The van der Waals surface area contributed by atoms with Crippen molar-refractivity contribution < 1.29 is 32.4 Å². The van der Waals surface area contributed by atoms with E-state index >= 15 is 0 Å². The number of aromatic amines is 1. The number of rotatable bonds is 3. The van der Waals surface area contributed by atoms with Gasteiger partial charge in [0.25, 0.3) is 11.8 Å². The molecule has 148 valence electrons. The van der Waals surface area contributed by atoms with Crippen molar-refractivity contribution in [2.24, 2.45) is 0 Å². The molecule has 2 heterocycles. The molecule has 0 aliphatic carbocycles. The average molecular weight is 405 g/mol. The highest BCUT2D eigenvalue weighted by atomic mass is 19.4. The van der Waals surface area contributed by atoms with E-state index in [1.807, 2.05) is 0 Å². The number of carbonyl (C=O) groups is 3. The van der Waals surface area contributed by atoms with Crippen LogP contribution in [0.25, 0.3) is 11.0 Å². The number of imide groups is 1. The smallest absolute Gasteiger partial charge is 0.324 e. The number of halogens is 3. The molecule has 1 aromatic heterocycles. The minimum atomic E-state index is -4.66. The normalized spacial score (nSPS) is 13.8. The number of hydroxylamine groups is 2. The molecule has 0 saturated heterocycles. The van der Waals surface area contributed by atoms with Gasteiger partial charge in [-0.3, -0.25) is 14.2 Å². The minimum absolute atomic E-state index is 0.0606. The zero-order valence-electron chi connectivity index (χ0n) is 14.3. The van der Waals surface area contributed by atoms with Gasteiger partial charge >= 0.3 is 17.8 Å². The predicted molar refractivity (Wildman–Crippen MR) is 91.0 cm³/mol. The molecule has 11 heteroatoms. The molecule has 4 rings (SSSR count). The quantitative estimate of drug-likeness (QED) is 0.674. The molecular weight excluding hydrogens is 395 g/mol. The molecule has 8 nitrogen and oxygen atoms in total. The van der Waals surface area contributed by atoms with Crippen LogP contribution in [0.15, 0.2) is 47.3 Å². The van der Waals surface area contributed by atoms with E-state index < -0.39 is 36.2 Å². The van der Waals surface area contributed by atoms with Gasteiger partial charge < -0.3 is 9.82 Å². The third kappa shape index (κ3) is 3.16. The highest BCUT2D eigenvalue weighted by molar-refractivity contribution is 6.21. The number of H-pyrrole nitrogens is 1. The molecular formula is C18H10F3N3O5. The second-order valence-corrected chi connectivity index (χ2v) is 6.19. The fourth-order valence-electron chi connectivity index (χ4n) is 3.00. The van der Waals surface area contributed by atoms with Gasteiger partial charge in [0, 0.05) is 0 Å². The largest absolute Gasteiger partial charge is 0.406 e. The first-order valence-corrected chi connectivity index (χ1v) is 8.15. The number of hydrogen-bond donors (Lipinski definition) is 1. The van der Waals surface area contributed by atoms with Crippen molar-refractivity contribution >= 4 is 28.8 Å². The van der Waals surface area contributed by atoms with Crippen LogP contribution < -0.4 is 5.69 Å². The SMILES string of the molecule is O=C(ON1C(=O)c2ccccc2C1=O)c1ccc2[nH]c(=O)n(CC(F)(F)F)c2c1. The third-order valence-corrected chi connectivity index (χ3v) is 4.28. The molecule has 1 aliphatic heterocycles. The van der Waals surface area contributed by atoms with Crippen LogP contribution in [0.5, 0.6) is 0 Å². The van der Waals surface area contributed by atoms with Crippen LogP contribution in [-0.4, -0.2) is 38.6 Å². The molecule has 0 unspecified atom stereocenters. The van der Waals surface area contributed by atoms with Crippen molar-refractivity contribution in [2.75, 3.05) is 0 Å². The third-order valence-electron chi connectivity index (χ3n) is 4.28. The Morgan fingerprint density at radius 3 is 2.21 bits per heavy atom. The van der Waals surface area contributed by atoms with E-state index in [9.17, 15) is 32.3 Å². The van der Waals surface area contributed by atoms with Crippen molar-refractivity contribution in [1.82, 2.24) is 14.6 Å². The molecule has 0 spiro atoms. The molecule has 0 saturated carbocycles. The van der Waals surface area contributed by atoms with Crippen molar-refractivity contribution in [3.8, 4) is 0 Å². The van der Waals surface area contributed by atoms with Gasteiger partial charge in [0.15, 0.2) is 0 Å². The summed E-state index contributed by atoms with van der Waals surface area (Å²) in [5.41, 5.74) is -1.22. The Kier molecular flexibility index (Phi) is 4.03. The summed E-state index contributed by atoms with van der Waals surface area (Å²) in [7, 11) is 0. The van der Waals surface area contributed by atoms with Gasteiger partial charge in [-0.05, 0) is 30.3 Å². The molecule has 2 aromatic carbocycles. The fraction of sp³-hybridized carbons (Fsp3) is 0.111. The van der Waals surface area contributed by atoms with Crippen LogP contribution >= 0.6 is 0 Å². The van der Waals surface area contributed by atoms with Crippen molar-refractivity contribution in [1.29, 1.82) is 0 Å². The second-order valence-electron chi connectivity index (χ2n) is 6.19. The minimum Gasteiger partial charge on any atom is -0.324 e. The van der Waals surface area contributed by atoms with Gasteiger partial charge in [-0.25, -0.2) is 9.59 Å². The van der Waals surface area contributed by atoms with Gasteiger partial charge in [-0.15, -0.1) is 0 Å². The first-order valence-electron chi connectivity index (χ1n) is 8.15. The number of fused-ring (bicyclic) bond motifs is 2. The van der Waals surface area contributed by atoms with Crippen molar-refractivity contribution in [3.05, 3.63) is 69.6 Å². The van der Waals surface area contributed by atoms with E-state index in [2.05, 4.69) is 4.98 Å². The summed E-state index contributed by atoms with van der Waals surface area (Å²) >= 11 is 0. The van der Waals surface area contributed by atoms with E-state index in [0.29, 0.717) is 4.57 Å². The van der Waals surface area contributed by atoms with Gasteiger partial charge in [0.2, 0.25) is 0 Å². The highest BCUT2D eigenvalue weighted by Crippen LogP contribution is 2.24. The van der Waals surface area contributed by atoms with Gasteiger partial charge in [-0.1, -0.05) is 17.2 Å². The Morgan fingerprint density at radius 2 is 1.62 bits per heavy atom. The molecule has 2 amide bonds. The molecule has 3 aromatic rings. The lowest BCUT2D eigenvalue weighted by Crippen LogP contribution is -2.32. The van der Waals surface area contributed by atoms with E-state index in [4.69, 9.17) is 4.84 Å². The summed E-state index contributed by atoms with van der Waals surface area (Å²) in [5, 5.41) is 0.289. The van der Waals surface area contributed by atoms with Crippen molar-refractivity contribution in [2.45, 2.75) is 12.7 Å². The number of aromatic nitrogens is 2. The number of hydrogen-bond acceptors (Lipinski definition) is 5. The van der Waals surface area contributed by atoms with Crippen LogP contribution in [0.1, 0.15) is 31.1 Å². The first-order chi connectivity index (χ1) is 13.7. The monoisotopic (exact) mass is 405 g/mol. The van der Waals surface area contributed by atoms with E-state index in [-0.39, 0.29) is 32.8 Å². The van der Waals surface area contributed by atoms with Crippen LogP contribution in [-0.2, 0) is 11.4 Å². The Hall–Kier alpha value is -3.89. The Labute approximate surface area is 159 Å². The molecule has 0 atom stereocenters. The number of nitrogens with one attached hydrogen (secondary N) is 1. The lowest BCUT2D eigenvalue weighted by molar-refractivity contribution is -0.140. The Balaban J connectivity index is 1.65. The number of benzene rings is 2. The van der Waals surface area contributed by atoms with Gasteiger partial charge in [0.1, 0.15) is 6.54 Å². The summed E-state index contributed by atoms with van der Waals surface area (Å²) < 4.78 is 38.6. The van der Waals surface area contributed by atoms with E-state index in [1.165, 1.54) is 36.4 Å². The molecule has 1 aliphatic rings. The number of nitrogens with zero attached hydrogens (tertiary/aromatic N) is 2. The molecule has 0 radical (unpaired) electrons. The average Bonchev–Trinajstić information content (AvgIpc) is 3.09. The summed E-state index contributed by atoms with van der Waals surface area (Å²) in [6, 6.07) is 9.29. The fourth-order valence-corrected chi connectivity index (χ4v) is 3.00. The number of alkyl halides is 3. The summed E-state index contributed by atoms with van der Waals surface area (Å²) in [5.74, 6) is -2.82. The summed E-state index contributed by atoms with van der Waals surface area (Å²) in [4.78, 5) is 55.8. The van der Waals surface area contributed by atoms with Crippen LogP contribution in [0.3, 0.4) is 0 Å². The Bertz CT molecular complexity index is 1210. The number of carbonyl (C=O) groups excluding carboxylic acids is 3. The highest BCUT2D eigenvalue weighted by Gasteiger charge is 2.39. The van der Waals surface area contributed by atoms with Crippen LogP contribution in [0, 0.1) is 0 Å². The van der Waals surface area contributed by atoms with Gasteiger partial charge in [0.05, 0.1) is 27.7 Å². The van der Waals surface area contributed by atoms with Crippen molar-refractivity contribution in [3.63, 3.8) is 0 Å². The Morgan fingerprint density at radius 1 is 1.00 bits per heavy atom. The topological polar surface area (TPSA) is 101 Å². The second kappa shape index (κ2) is 6.33. The molecule has 1 N–H and O–H groups in total. The first kappa shape index (κ1) is 18.5. The standard InChI is InChI=1S/C18H10F3N3O5/c19-18(20,21)8-23-13-7-9(5-6-12(13)22-17(23)28)16(27)29-24-14(25)10-3-1-2-4-11(10)15(24)26/h1-7H,8H2,(H,22,28). The van der Waals surface area contributed by atoms with Crippen LogP contribution in [0.4, 0.5) is 13.2 Å². The van der Waals surface area contributed by atoms with Crippen LogP contribution in [0.2, 0.25) is 0 Å². The zero-order valence-corrected chi connectivity index (χ0v) is 14.3. The van der Waals surface area contributed by atoms with E-state index in [1.54, 1.807) is 0 Å². The maximum Gasteiger partial charge on any atom is 0.406 e. The maximum absolute atomic E-state index is 12.7.